The van der Waals surface area contributed by atoms with Gasteiger partial charge in [-0.2, -0.15) is 0 Å². The van der Waals surface area contributed by atoms with E-state index in [4.69, 9.17) is 0 Å². The molecule has 0 spiro atoms. The first-order chi connectivity index (χ1) is 14.0. The highest BCUT2D eigenvalue weighted by Crippen LogP contribution is 2.34. The number of amides is 5. The van der Waals surface area contributed by atoms with Gasteiger partial charge in [-0.3, -0.25) is 19.3 Å². The van der Waals surface area contributed by atoms with Crippen molar-refractivity contribution in [2.24, 2.45) is 0 Å². The van der Waals surface area contributed by atoms with Gasteiger partial charge >= 0.3 is 6.03 Å². The first-order valence-electron chi connectivity index (χ1n) is 9.59. The number of carbonyl (C=O) groups excluding carboxylic acids is 4. The molecule has 1 atom stereocenters. The molecule has 0 radical (unpaired) electrons. The molecule has 1 unspecified atom stereocenters. The van der Waals surface area contributed by atoms with Gasteiger partial charge in [-0.25, -0.2) is 4.79 Å². The van der Waals surface area contributed by atoms with E-state index in [1.165, 1.54) is 11.3 Å². The van der Waals surface area contributed by atoms with Crippen molar-refractivity contribution in [3.05, 3.63) is 34.7 Å². The molecule has 152 valence electrons. The zero-order valence-corrected chi connectivity index (χ0v) is 16.9. The molecule has 2 saturated heterocycles. The van der Waals surface area contributed by atoms with Crippen LogP contribution in [-0.2, 0) is 16.0 Å². The van der Waals surface area contributed by atoms with Crippen LogP contribution in [0.5, 0.6) is 0 Å². The molecule has 2 N–H and O–H groups in total. The van der Waals surface area contributed by atoms with Gasteiger partial charge in [-0.05, 0) is 36.3 Å². The standard InChI is InChI=1S/C20H22N4O4S/c1-21-19(27)18-14(13-6-2-3-7-15(13)29-18)9-12-5-4-8-23(12)17(26)11-24-16(25)10-22-20(24)28/h2-3,6-7,12H,4-5,8-11H2,1H3,(H,21,27)(H,22,28). The Balaban J connectivity index is 1.57. The van der Waals surface area contributed by atoms with Gasteiger partial charge in [0.25, 0.3) is 11.8 Å². The van der Waals surface area contributed by atoms with E-state index in [0.29, 0.717) is 17.8 Å². The summed E-state index contributed by atoms with van der Waals surface area (Å²) in [6.45, 7) is 0.282. The molecule has 9 heteroatoms. The molecule has 2 fully saturated rings. The highest BCUT2D eigenvalue weighted by Gasteiger charge is 2.35. The quantitative estimate of drug-likeness (QED) is 0.722. The smallest absolute Gasteiger partial charge is 0.325 e. The number of fused-ring (bicyclic) bond motifs is 1. The number of rotatable bonds is 5. The van der Waals surface area contributed by atoms with Gasteiger partial charge in [0.2, 0.25) is 5.91 Å². The van der Waals surface area contributed by atoms with Crippen molar-refractivity contribution in [1.29, 1.82) is 0 Å². The number of benzene rings is 1. The minimum absolute atomic E-state index is 0.0636. The zero-order valence-electron chi connectivity index (χ0n) is 16.1. The van der Waals surface area contributed by atoms with Gasteiger partial charge < -0.3 is 15.5 Å². The predicted molar refractivity (Wildman–Crippen MR) is 109 cm³/mol. The largest absolute Gasteiger partial charge is 0.354 e. The van der Waals surface area contributed by atoms with Gasteiger partial charge in [-0.15, -0.1) is 11.3 Å². The summed E-state index contributed by atoms with van der Waals surface area (Å²) in [5.74, 6) is -0.750. The summed E-state index contributed by atoms with van der Waals surface area (Å²) in [6, 6.07) is 7.29. The highest BCUT2D eigenvalue weighted by molar-refractivity contribution is 7.21. The van der Waals surface area contributed by atoms with Crippen molar-refractivity contribution < 1.29 is 19.2 Å². The van der Waals surface area contributed by atoms with Crippen LogP contribution in [-0.4, -0.2) is 66.3 Å². The van der Waals surface area contributed by atoms with E-state index in [2.05, 4.69) is 10.6 Å². The SMILES string of the molecule is CNC(=O)c1sc2ccccc2c1CC1CCCN1C(=O)CN1C(=O)CNC1=O. The fourth-order valence-corrected chi connectivity index (χ4v) is 5.23. The second-order valence-corrected chi connectivity index (χ2v) is 8.26. The van der Waals surface area contributed by atoms with Crippen molar-refractivity contribution >= 4 is 45.2 Å². The third-order valence-corrected chi connectivity index (χ3v) is 6.71. The molecule has 1 aromatic carbocycles. The number of imide groups is 1. The van der Waals surface area contributed by atoms with Gasteiger partial charge in [0.15, 0.2) is 0 Å². The fraction of sp³-hybridized carbons (Fsp3) is 0.400. The number of nitrogens with zero attached hydrogens (tertiary/aromatic N) is 2. The van der Waals surface area contributed by atoms with E-state index in [9.17, 15) is 19.2 Å². The van der Waals surface area contributed by atoms with Crippen LogP contribution in [0.2, 0.25) is 0 Å². The molecule has 5 amide bonds. The minimum Gasteiger partial charge on any atom is -0.354 e. The number of hydrogen-bond acceptors (Lipinski definition) is 5. The molecule has 2 aliphatic heterocycles. The van der Waals surface area contributed by atoms with Crippen molar-refractivity contribution in [1.82, 2.24) is 20.4 Å². The predicted octanol–water partition coefficient (Wildman–Crippen LogP) is 1.35. The Kier molecular flexibility index (Phi) is 5.23. The van der Waals surface area contributed by atoms with Crippen LogP contribution in [0.3, 0.4) is 0 Å². The van der Waals surface area contributed by atoms with Gasteiger partial charge in [0, 0.05) is 24.3 Å². The zero-order chi connectivity index (χ0) is 20.5. The topological polar surface area (TPSA) is 98.8 Å². The molecule has 1 aromatic heterocycles. The summed E-state index contributed by atoms with van der Waals surface area (Å²) in [5, 5.41) is 6.17. The summed E-state index contributed by atoms with van der Waals surface area (Å²) >= 11 is 1.46. The van der Waals surface area contributed by atoms with Crippen LogP contribution in [0.25, 0.3) is 10.1 Å². The van der Waals surface area contributed by atoms with Gasteiger partial charge in [0.05, 0.1) is 11.4 Å². The lowest BCUT2D eigenvalue weighted by Gasteiger charge is -2.26. The average Bonchev–Trinajstić information content (AvgIpc) is 3.42. The number of hydrogen-bond donors (Lipinski definition) is 2. The summed E-state index contributed by atoms with van der Waals surface area (Å²) in [4.78, 5) is 52.2. The number of nitrogens with one attached hydrogen (secondary N) is 2. The van der Waals surface area contributed by atoms with E-state index in [1.54, 1.807) is 11.9 Å². The fourth-order valence-electron chi connectivity index (χ4n) is 4.05. The molecule has 0 saturated carbocycles. The van der Waals surface area contributed by atoms with Crippen LogP contribution in [0, 0.1) is 0 Å². The monoisotopic (exact) mass is 414 g/mol. The highest BCUT2D eigenvalue weighted by atomic mass is 32.1. The molecule has 8 nitrogen and oxygen atoms in total. The number of thiophene rings is 1. The maximum absolute atomic E-state index is 12.8. The Labute approximate surface area is 171 Å². The molecular formula is C20H22N4O4S. The molecule has 0 aliphatic carbocycles. The van der Waals surface area contributed by atoms with Crippen LogP contribution < -0.4 is 10.6 Å². The van der Waals surface area contributed by atoms with E-state index in [0.717, 1.165) is 33.4 Å². The third kappa shape index (κ3) is 3.57. The van der Waals surface area contributed by atoms with Gasteiger partial charge in [0.1, 0.15) is 6.54 Å². The number of carbonyl (C=O) groups is 4. The third-order valence-electron chi connectivity index (χ3n) is 5.50. The van der Waals surface area contributed by atoms with Crippen molar-refractivity contribution in [2.45, 2.75) is 25.3 Å². The Morgan fingerprint density at radius 1 is 1.28 bits per heavy atom. The lowest BCUT2D eigenvalue weighted by molar-refractivity contribution is -0.137. The second kappa shape index (κ2) is 7.82. The summed E-state index contributed by atoms with van der Waals surface area (Å²) in [7, 11) is 1.61. The van der Waals surface area contributed by atoms with Crippen LogP contribution in [0.1, 0.15) is 28.1 Å². The molecule has 0 bridgehead atoms. The molecule has 29 heavy (non-hydrogen) atoms. The van der Waals surface area contributed by atoms with E-state index < -0.39 is 6.03 Å². The Hall–Kier alpha value is -2.94. The minimum atomic E-state index is -0.523. The van der Waals surface area contributed by atoms with Crippen molar-refractivity contribution in [3.8, 4) is 0 Å². The molecule has 2 aliphatic rings. The van der Waals surface area contributed by atoms with Crippen LogP contribution in [0.4, 0.5) is 4.79 Å². The summed E-state index contributed by atoms with van der Waals surface area (Å²) < 4.78 is 1.04. The lowest BCUT2D eigenvalue weighted by Crippen LogP contribution is -2.45. The number of likely N-dealkylation sites (tertiary alicyclic amines) is 1. The molecule has 2 aromatic rings. The molecule has 4 rings (SSSR count). The number of urea groups is 1. The Morgan fingerprint density at radius 2 is 2.07 bits per heavy atom. The first kappa shape index (κ1) is 19.4. The Bertz CT molecular complexity index is 986. The van der Waals surface area contributed by atoms with Gasteiger partial charge in [-0.1, -0.05) is 18.2 Å². The average molecular weight is 414 g/mol. The lowest BCUT2D eigenvalue weighted by atomic mass is 10.0. The van der Waals surface area contributed by atoms with Crippen molar-refractivity contribution in [3.63, 3.8) is 0 Å². The van der Waals surface area contributed by atoms with Crippen LogP contribution in [0.15, 0.2) is 24.3 Å². The van der Waals surface area contributed by atoms with Crippen molar-refractivity contribution in [2.75, 3.05) is 26.7 Å². The molecule has 3 heterocycles. The first-order valence-corrected chi connectivity index (χ1v) is 10.4. The Morgan fingerprint density at radius 3 is 2.79 bits per heavy atom. The van der Waals surface area contributed by atoms with E-state index in [-0.39, 0.29) is 36.9 Å². The second-order valence-electron chi connectivity index (χ2n) is 7.21. The maximum atomic E-state index is 12.8. The summed E-state index contributed by atoms with van der Waals surface area (Å²) in [5.41, 5.74) is 0.949. The molecular weight excluding hydrogens is 392 g/mol. The van der Waals surface area contributed by atoms with Crippen LogP contribution >= 0.6 is 11.3 Å². The summed E-state index contributed by atoms with van der Waals surface area (Å²) in [6.07, 6.45) is 2.25. The van der Waals surface area contributed by atoms with E-state index >= 15 is 0 Å². The maximum Gasteiger partial charge on any atom is 0.325 e. The van der Waals surface area contributed by atoms with E-state index in [1.807, 2.05) is 24.3 Å². The normalized spacial score (nSPS) is 19.1.